The van der Waals surface area contributed by atoms with E-state index >= 15 is 0 Å². The summed E-state index contributed by atoms with van der Waals surface area (Å²) in [6, 6.07) is 5.89. The molecule has 0 saturated carbocycles. The molecule has 0 aliphatic carbocycles. The van der Waals surface area contributed by atoms with Crippen molar-refractivity contribution in [3.05, 3.63) is 53.0 Å². The molecule has 3 rings (SSSR count). The predicted molar refractivity (Wildman–Crippen MR) is 87.2 cm³/mol. The van der Waals surface area contributed by atoms with E-state index in [-0.39, 0.29) is 11.8 Å². The number of benzene rings is 1. The van der Waals surface area contributed by atoms with Crippen LogP contribution in [0.15, 0.2) is 47.5 Å². The van der Waals surface area contributed by atoms with Gasteiger partial charge in [0.15, 0.2) is 5.60 Å². The van der Waals surface area contributed by atoms with Crippen LogP contribution in [0.3, 0.4) is 0 Å². The molecule has 0 fully saturated rings. The Kier molecular flexibility index (Phi) is 3.76. The smallest absolute Gasteiger partial charge is 0.264 e. The van der Waals surface area contributed by atoms with E-state index in [2.05, 4.69) is 34.7 Å². The molecule has 4 heteroatoms. The zero-order valence-electron chi connectivity index (χ0n) is 12.0. The summed E-state index contributed by atoms with van der Waals surface area (Å²) in [5.41, 5.74) is 0.929. The Hall–Kier alpha value is -1.39. The zero-order valence-corrected chi connectivity index (χ0v) is 13.6. The Morgan fingerprint density at radius 3 is 3.14 bits per heavy atom. The first-order valence-corrected chi connectivity index (χ1v) is 7.94. The number of amides is 1. The maximum absolute atomic E-state index is 13.1. The average molecular weight is 348 g/mol. The molecule has 2 aliphatic rings. The summed E-state index contributed by atoms with van der Waals surface area (Å²) in [6.45, 7) is 6.85. The number of hydrogen-bond donors (Lipinski definition) is 0. The quantitative estimate of drug-likeness (QED) is 0.761. The van der Waals surface area contributed by atoms with Gasteiger partial charge in [-0.3, -0.25) is 4.79 Å². The second kappa shape index (κ2) is 5.43. The summed E-state index contributed by atoms with van der Waals surface area (Å²) in [5.74, 6) is -0.0110. The van der Waals surface area contributed by atoms with Crippen LogP contribution in [0.25, 0.3) is 0 Å². The van der Waals surface area contributed by atoms with Crippen molar-refractivity contribution < 1.29 is 9.53 Å². The van der Waals surface area contributed by atoms with E-state index in [1.54, 1.807) is 11.0 Å². The largest absolute Gasteiger partial charge is 0.359 e. The standard InChI is InChI=1S/C17H18BrNO2/c1-3-10-19-14-9-6-8-13(18)15(14)17(16(19)20)12(2)7-4-5-11-21-17/h3-4,6-9,12H,1,5,10-11H2,2H3/t12-,17-/m1/s1. The van der Waals surface area contributed by atoms with Gasteiger partial charge in [0.1, 0.15) is 0 Å². The van der Waals surface area contributed by atoms with Gasteiger partial charge < -0.3 is 9.64 Å². The van der Waals surface area contributed by atoms with E-state index in [0.29, 0.717) is 13.2 Å². The van der Waals surface area contributed by atoms with Gasteiger partial charge in [0.25, 0.3) is 5.91 Å². The average Bonchev–Trinajstić information content (AvgIpc) is 2.60. The highest BCUT2D eigenvalue weighted by Crippen LogP contribution is 2.51. The maximum Gasteiger partial charge on any atom is 0.264 e. The van der Waals surface area contributed by atoms with Crippen molar-refractivity contribution in [1.82, 2.24) is 0 Å². The fourth-order valence-electron chi connectivity index (χ4n) is 3.24. The number of carbonyl (C=O) groups excluding carboxylic acids is 1. The van der Waals surface area contributed by atoms with E-state index in [4.69, 9.17) is 4.74 Å². The molecule has 21 heavy (non-hydrogen) atoms. The highest BCUT2D eigenvalue weighted by atomic mass is 79.9. The van der Waals surface area contributed by atoms with Gasteiger partial charge in [0.2, 0.25) is 0 Å². The van der Waals surface area contributed by atoms with Gasteiger partial charge in [-0.05, 0) is 18.6 Å². The number of anilines is 1. The molecule has 0 radical (unpaired) electrons. The molecule has 2 aliphatic heterocycles. The lowest BCUT2D eigenvalue weighted by Crippen LogP contribution is -2.46. The molecule has 1 aromatic carbocycles. The van der Waals surface area contributed by atoms with Crippen LogP contribution < -0.4 is 4.90 Å². The van der Waals surface area contributed by atoms with Crippen molar-refractivity contribution >= 4 is 27.5 Å². The molecule has 3 nitrogen and oxygen atoms in total. The van der Waals surface area contributed by atoms with Crippen molar-refractivity contribution in [2.75, 3.05) is 18.1 Å². The Bertz CT molecular complexity index is 625. The molecule has 0 bridgehead atoms. The summed E-state index contributed by atoms with van der Waals surface area (Å²) in [7, 11) is 0. The Labute approximate surface area is 133 Å². The Morgan fingerprint density at radius 1 is 1.57 bits per heavy atom. The number of hydrogen-bond acceptors (Lipinski definition) is 2. The van der Waals surface area contributed by atoms with Crippen molar-refractivity contribution in [1.29, 1.82) is 0 Å². The van der Waals surface area contributed by atoms with Crippen molar-refractivity contribution in [3.8, 4) is 0 Å². The second-order valence-electron chi connectivity index (χ2n) is 5.43. The van der Waals surface area contributed by atoms with Crippen LogP contribution in [0.1, 0.15) is 18.9 Å². The van der Waals surface area contributed by atoms with Gasteiger partial charge in [-0.15, -0.1) is 6.58 Å². The van der Waals surface area contributed by atoms with Gasteiger partial charge in [-0.1, -0.05) is 47.1 Å². The molecule has 110 valence electrons. The second-order valence-corrected chi connectivity index (χ2v) is 6.28. The van der Waals surface area contributed by atoms with Crippen LogP contribution in [-0.2, 0) is 15.1 Å². The maximum atomic E-state index is 13.1. The van der Waals surface area contributed by atoms with E-state index in [9.17, 15) is 4.79 Å². The minimum absolute atomic E-state index is 0.00310. The molecular formula is C17H18BrNO2. The fraction of sp³-hybridized carbons (Fsp3) is 0.353. The molecule has 2 atom stereocenters. The molecular weight excluding hydrogens is 330 g/mol. The van der Waals surface area contributed by atoms with Gasteiger partial charge in [0.05, 0.1) is 12.3 Å². The van der Waals surface area contributed by atoms with Crippen LogP contribution in [0.5, 0.6) is 0 Å². The van der Waals surface area contributed by atoms with Crippen LogP contribution in [0.4, 0.5) is 5.69 Å². The molecule has 0 aromatic heterocycles. The van der Waals surface area contributed by atoms with Crippen LogP contribution in [-0.4, -0.2) is 19.1 Å². The van der Waals surface area contributed by atoms with Crippen molar-refractivity contribution in [3.63, 3.8) is 0 Å². The minimum Gasteiger partial charge on any atom is -0.359 e. The SMILES string of the molecule is C=CCN1C(=O)[C@]2(OCCC=C[C@H]2C)c2c(Br)cccc21. The van der Waals surface area contributed by atoms with Crippen molar-refractivity contribution in [2.24, 2.45) is 5.92 Å². The first-order chi connectivity index (χ1) is 10.1. The lowest BCUT2D eigenvalue weighted by Gasteiger charge is -2.32. The number of ether oxygens (including phenoxy) is 1. The minimum atomic E-state index is -0.925. The summed E-state index contributed by atoms with van der Waals surface area (Å²) in [4.78, 5) is 14.9. The van der Waals surface area contributed by atoms with E-state index in [0.717, 1.165) is 22.1 Å². The summed E-state index contributed by atoms with van der Waals surface area (Å²) in [6.07, 6.45) is 6.77. The first kappa shape index (κ1) is 14.5. The number of halogens is 1. The number of nitrogens with zero attached hydrogens (tertiary/aromatic N) is 1. The number of fused-ring (bicyclic) bond motifs is 2. The lowest BCUT2D eigenvalue weighted by atomic mass is 9.83. The van der Waals surface area contributed by atoms with Gasteiger partial charge in [-0.2, -0.15) is 0 Å². The van der Waals surface area contributed by atoms with E-state index in [1.807, 2.05) is 25.1 Å². The molecule has 2 heterocycles. The highest BCUT2D eigenvalue weighted by molar-refractivity contribution is 9.10. The number of rotatable bonds is 2. The highest BCUT2D eigenvalue weighted by Gasteiger charge is 2.55. The normalized spacial score (nSPS) is 27.8. The van der Waals surface area contributed by atoms with Gasteiger partial charge >= 0.3 is 0 Å². The molecule has 0 N–H and O–H groups in total. The van der Waals surface area contributed by atoms with Crippen molar-refractivity contribution in [2.45, 2.75) is 18.9 Å². The monoisotopic (exact) mass is 347 g/mol. The third-order valence-corrected chi connectivity index (χ3v) is 4.87. The Morgan fingerprint density at radius 2 is 2.38 bits per heavy atom. The first-order valence-electron chi connectivity index (χ1n) is 7.15. The molecule has 1 amide bonds. The Balaban J connectivity index is 2.24. The fourth-order valence-corrected chi connectivity index (χ4v) is 3.89. The summed E-state index contributed by atoms with van der Waals surface area (Å²) in [5, 5.41) is 0. The summed E-state index contributed by atoms with van der Waals surface area (Å²) < 4.78 is 7.06. The predicted octanol–water partition coefficient (Wildman–Crippen LogP) is 3.79. The third kappa shape index (κ3) is 2.00. The molecule has 0 unspecified atom stereocenters. The molecule has 1 spiro atoms. The molecule has 0 saturated heterocycles. The van der Waals surface area contributed by atoms with Crippen LogP contribution >= 0.6 is 15.9 Å². The molecule has 1 aromatic rings. The topological polar surface area (TPSA) is 29.5 Å². The van der Waals surface area contributed by atoms with Crippen LogP contribution in [0, 0.1) is 5.92 Å². The van der Waals surface area contributed by atoms with Crippen LogP contribution in [0.2, 0.25) is 0 Å². The number of carbonyl (C=O) groups is 1. The van der Waals surface area contributed by atoms with E-state index in [1.165, 1.54) is 0 Å². The summed E-state index contributed by atoms with van der Waals surface area (Å²) >= 11 is 3.61. The lowest BCUT2D eigenvalue weighted by molar-refractivity contribution is -0.148. The third-order valence-electron chi connectivity index (χ3n) is 4.21. The van der Waals surface area contributed by atoms with E-state index < -0.39 is 5.60 Å². The van der Waals surface area contributed by atoms with Gasteiger partial charge in [0, 0.05) is 22.5 Å². The van der Waals surface area contributed by atoms with Gasteiger partial charge in [-0.25, -0.2) is 0 Å². The zero-order chi connectivity index (χ0) is 15.0.